The van der Waals surface area contributed by atoms with Gasteiger partial charge in [-0.2, -0.15) is 0 Å². The predicted octanol–water partition coefficient (Wildman–Crippen LogP) is 1.91. The van der Waals surface area contributed by atoms with E-state index < -0.39 is 0 Å². The highest BCUT2D eigenvalue weighted by Crippen LogP contribution is 2.37. The maximum atomic E-state index is 12.8. The van der Waals surface area contributed by atoms with E-state index >= 15 is 0 Å². The van der Waals surface area contributed by atoms with E-state index in [4.69, 9.17) is 9.47 Å². The van der Waals surface area contributed by atoms with Gasteiger partial charge < -0.3 is 14.4 Å². The lowest BCUT2D eigenvalue weighted by Crippen LogP contribution is -2.44. The number of nitrogens with zero attached hydrogens (tertiary/aromatic N) is 1. The third kappa shape index (κ3) is 3.96. The quantitative estimate of drug-likeness (QED) is 0.661. The summed E-state index contributed by atoms with van der Waals surface area (Å²) in [6.07, 6.45) is 7.61. The average molecular weight is 298 g/mol. The molecule has 1 saturated heterocycles. The predicted molar refractivity (Wildman–Crippen MR) is 82.1 cm³/mol. The van der Waals surface area contributed by atoms with E-state index in [0.29, 0.717) is 25.7 Å². The molecule has 0 aromatic carbocycles. The van der Waals surface area contributed by atoms with Gasteiger partial charge in [0, 0.05) is 20.3 Å². The molecule has 1 spiro atoms. The molecule has 0 bridgehead atoms. The Hall–Kier alpha value is -0.650. The fourth-order valence-electron chi connectivity index (χ4n) is 3.55. The maximum Gasteiger partial charge on any atom is 0.244 e. The Labute approximate surface area is 128 Å². The van der Waals surface area contributed by atoms with Gasteiger partial charge in [-0.1, -0.05) is 26.2 Å². The van der Waals surface area contributed by atoms with Crippen molar-refractivity contribution in [1.29, 1.82) is 0 Å². The fraction of sp³-hybridized carbons (Fsp3) is 0.938. The lowest BCUT2D eigenvalue weighted by atomic mass is 9.98. The molecule has 0 aromatic heterocycles. The number of rotatable bonds is 9. The second kappa shape index (κ2) is 8.11. The summed E-state index contributed by atoms with van der Waals surface area (Å²) in [5.74, 6) is 0.329. The first-order valence-corrected chi connectivity index (χ1v) is 8.39. The minimum Gasteiger partial charge on any atom is -0.382 e. The van der Waals surface area contributed by atoms with Crippen molar-refractivity contribution in [3.05, 3.63) is 0 Å². The van der Waals surface area contributed by atoms with Crippen LogP contribution >= 0.6 is 0 Å². The number of nitrogens with one attached hydrogen (secondary N) is 1. The second-order valence-electron chi connectivity index (χ2n) is 6.20. The summed E-state index contributed by atoms with van der Waals surface area (Å²) in [5, 5.41) is 3.64. The molecule has 1 aliphatic heterocycles. The largest absolute Gasteiger partial charge is 0.382 e. The summed E-state index contributed by atoms with van der Waals surface area (Å²) in [6.45, 7) is 4.93. The van der Waals surface area contributed by atoms with Crippen LogP contribution in [0.3, 0.4) is 0 Å². The van der Waals surface area contributed by atoms with Crippen molar-refractivity contribution in [2.75, 3.05) is 33.5 Å². The number of carbonyl (C=O) groups is 1. The lowest BCUT2D eigenvalue weighted by Gasteiger charge is -2.23. The van der Waals surface area contributed by atoms with E-state index in [-0.39, 0.29) is 11.7 Å². The summed E-state index contributed by atoms with van der Waals surface area (Å²) in [6, 6.07) is 0. The van der Waals surface area contributed by atoms with Gasteiger partial charge in [-0.25, -0.2) is 0 Å². The van der Waals surface area contributed by atoms with Gasteiger partial charge in [-0.05, 0) is 25.7 Å². The van der Waals surface area contributed by atoms with Crippen LogP contribution in [0.25, 0.3) is 0 Å². The molecule has 1 aliphatic carbocycles. The van der Waals surface area contributed by atoms with Crippen LogP contribution in [-0.4, -0.2) is 56.0 Å². The molecule has 1 atom stereocenters. The van der Waals surface area contributed by atoms with Crippen LogP contribution in [0.2, 0.25) is 0 Å². The molecule has 5 heteroatoms. The van der Waals surface area contributed by atoms with E-state index in [0.717, 1.165) is 38.6 Å². The Kier molecular flexibility index (Phi) is 6.45. The van der Waals surface area contributed by atoms with Crippen molar-refractivity contribution in [3.8, 4) is 0 Å². The van der Waals surface area contributed by atoms with Gasteiger partial charge >= 0.3 is 0 Å². The highest BCUT2D eigenvalue weighted by Gasteiger charge is 2.51. The molecule has 1 unspecified atom stereocenters. The van der Waals surface area contributed by atoms with Crippen molar-refractivity contribution in [2.24, 2.45) is 0 Å². The number of ether oxygens (including phenoxy) is 2. The van der Waals surface area contributed by atoms with E-state index in [9.17, 15) is 4.79 Å². The maximum absolute atomic E-state index is 12.8. The van der Waals surface area contributed by atoms with Crippen LogP contribution in [0.5, 0.6) is 0 Å². The van der Waals surface area contributed by atoms with Gasteiger partial charge in [-0.3, -0.25) is 10.1 Å². The molecule has 1 heterocycles. The van der Waals surface area contributed by atoms with Gasteiger partial charge in [0.1, 0.15) is 0 Å². The van der Waals surface area contributed by atoms with Gasteiger partial charge in [-0.15, -0.1) is 0 Å². The smallest absolute Gasteiger partial charge is 0.244 e. The molecular formula is C16H30N2O3. The molecule has 5 nitrogen and oxygen atoms in total. The molecule has 2 fully saturated rings. The van der Waals surface area contributed by atoms with E-state index in [1.54, 1.807) is 7.11 Å². The van der Waals surface area contributed by atoms with Crippen molar-refractivity contribution in [1.82, 2.24) is 10.2 Å². The summed E-state index contributed by atoms with van der Waals surface area (Å²) in [5.41, 5.74) is -0.239. The normalized spacial score (nSPS) is 24.4. The molecule has 1 N–H and O–H groups in total. The molecule has 0 aromatic rings. The third-order valence-electron chi connectivity index (χ3n) is 4.63. The molecule has 122 valence electrons. The standard InChI is InChI=1S/C16H30N2O3/c1-3-7-14-17-16(8-4-5-9-16)15(19)18(14)10-6-11-21-13-12-20-2/h14,17H,3-13H2,1-2H3. The monoisotopic (exact) mass is 298 g/mol. The minimum absolute atomic E-state index is 0.222. The van der Waals surface area contributed by atoms with E-state index in [2.05, 4.69) is 17.1 Å². The third-order valence-corrected chi connectivity index (χ3v) is 4.63. The SMILES string of the molecule is CCCC1NC2(CCCC2)C(=O)N1CCCOCCOC. The fourth-order valence-corrected chi connectivity index (χ4v) is 3.55. The molecule has 1 amide bonds. The molecule has 21 heavy (non-hydrogen) atoms. The molecular weight excluding hydrogens is 268 g/mol. The van der Waals surface area contributed by atoms with Crippen LogP contribution in [-0.2, 0) is 14.3 Å². The second-order valence-corrected chi connectivity index (χ2v) is 6.20. The first-order valence-electron chi connectivity index (χ1n) is 8.39. The zero-order valence-electron chi connectivity index (χ0n) is 13.5. The number of hydrogen-bond donors (Lipinski definition) is 1. The van der Waals surface area contributed by atoms with Crippen LogP contribution in [0.1, 0.15) is 51.9 Å². The Bertz CT molecular complexity index is 329. The Morgan fingerprint density at radius 1 is 1.29 bits per heavy atom. The number of amides is 1. The summed E-state index contributed by atoms with van der Waals surface area (Å²) in [7, 11) is 1.67. The first-order chi connectivity index (χ1) is 10.2. The van der Waals surface area contributed by atoms with E-state index in [1.165, 1.54) is 12.8 Å². The average Bonchev–Trinajstić information content (AvgIpc) is 3.04. The van der Waals surface area contributed by atoms with Gasteiger partial charge in [0.25, 0.3) is 0 Å². The van der Waals surface area contributed by atoms with Crippen molar-refractivity contribution < 1.29 is 14.3 Å². The highest BCUT2D eigenvalue weighted by atomic mass is 16.5. The van der Waals surface area contributed by atoms with Crippen molar-refractivity contribution in [2.45, 2.75) is 63.6 Å². The molecule has 2 rings (SSSR count). The summed E-state index contributed by atoms with van der Waals surface area (Å²) >= 11 is 0. The van der Waals surface area contributed by atoms with Crippen LogP contribution in [0.15, 0.2) is 0 Å². The Morgan fingerprint density at radius 3 is 2.71 bits per heavy atom. The summed E-state index contributed by atoms with van der Waals surface area (Å²) in [4.78, 5) is 14.8. The topological polar surface area (TPSA) is 50.8 Å². The molecule has 2 aliphatic rings. The number of hydrogen-bond acceptors (Lipinski definition) is 4. The van der Waals surface area contributed by atoms with Crippen LogP contribution in [0.4, 0.5) is 0 Å². The highest BCUT2D eigenvalue weighted by molar-refractivity contribution is 5.89. The Balaban J connectivity index is 1.82. The van der Waals surface area contributed by atoms with E-state index in [1.807, 2.05) is 0 Å². The summed E-state index contributed by atoms with van der Waals surface area (Å²) < 4.78 is 10.4. The first kappa shape index (κ1) is 16.7. The van der Waals surface area contributed by atoms with Gasteiger partial charge in [0.2, 0.25) is 5.91 Å². The lowest BCUT2D eigenvalue weighted by molar-refractivity contribution is -0.133. The van der Waals surface area contributed by atoms with Crippen LogP contribution in [0, 0.1) is 0 Å². The zero-order chi connectivity index (χ0) is 15.1. The molecule has 1 saturated carbocycles. The molecule has 0 radical (unpaired) electrons. The zero-order valence-corrected chi connectivity index (χ0v) is 13.5. The van der Waals surface area contributed by atoms with Crippen molar-refractivity contribution in [3.63, 3.8) is 0 Å². The van der Waals surface area contributed by atoms with Crippen molar-refractivity contribution >= 4 is 5.91 Å². The van der Waals surface area contributed by atoms with Gasteiger partial charge in [0.05, 0.1) is 24.9 Å². The minimum atomic E-state index is -0.239. The number of methoxy groups -OCH3 is 1. The Morgan fingerprint density at radius 2 is 2.05 bits per heavy atom. The number of carbonyl (C=O) groups excluding carboxylic acids is 1. The van der Waals surface area contributed by atoms with Gasteiger partial charge in [0.15, 0.2) is 0 Å². The van der Waals surface area contributed by atoms with Crippen LogP contribution < -0.4 is 5.32 Å².